The van der Waals surface area contributed by atoms with Crippen LogP contribution in [0.5, 0.6) is 5.75 Å². The Labute approximate surface area is 191 Å². The summed E-state index contributed by atoms with van der Waals surface area (Å²) in [5, 5.41) is 0.300. The van der Waals surface area contributed by atoms with Crippen molar-refractivity contribution >= 4 is 27.5 Å². The number of hydrogen-bond donors (Lipinski definition) is 2. The van der Waals surface area contributed by atoms with Gasteiger partial charge in [0.15, 0.2) is 0 Å². The number of methoxy groups -OCH3 is 1. The number of halogens is 2. The van der Waals surface area contributed by atoms with Crippen molar-refractivity contribution in [2.24, 2.45) is 0 Å². The second-order valence-electron chi connectivity index (χ2n) is 7.71. The Morgan fingerprint density at radius 2 is 1.78 bits per heavy atom. The van der Waals surface area contributed by atoms with E-state index in [1.807, 2.05) is 0 Å². The molecule has 0 radical (unpaired) electrons. The maximum absolute atomic E-state index is 13.2. The molecule has 2 unspecified atom stereocenters. The van der Waals surface area contributed by atoms with Crippen LogP contribution in [0.4, 0.5) is 4.39 Å². The van der Waals surface area contributed by atoms with E-state index in [4.69, 9.17) is 16.3 Å². The molecular weight excluding hydrogens is 459 g/mol. The SMILES string of the molecule is COc1ccc(Cl)cc1S(=O)(=O)N1CCN(C(=O)C2CC(c3ccc(F)cc3)NN2)CC1. The number of nitrogens with zero attached hydrogens (tertiary/aromatic N) is 2. The Kier molecular flexibility index (Phi) is 6.68. The second-order valence-corrected chi connectivity index (χ2v) is 10.0. The van der Waals surface area contributed by atoms with Crippen molar-refractivity contribution in [1.82, 2.24) is 20.1 Å². The number of sulfonamides is 1. The summed E-state index contributed by atoms with van der Waals surface area (Å²) in [6.45, 7) is 0.900. The van der Waals surface area contributed by atoms with Gasteiger partial charge in [0.2, 0.25) is 15.9 Å². The summed E-state index contributed by atoms with van der Waals surface area (Å²) in [5.41, 5.74) is 6.98. The van der Waals surface area contributed by atoms with Gasteiger partial charge in [0.05, 0.1) is 7.11 Å². The zero-order chi connectivity index (χ0) is 22.9. The van der Waals surface area contributed by atoms with Crippen molar-refractivity contribution < 1.29 is 22.3 Å². The molecule has 2 aromatic rings. The number of amides is 1. The predicted molar refractivity (Wildman–Crippen MR) is 117 cm³/mol. The van der Waals surface area contributed by atoms with E-state index in [1.54, 1.807) is 23.1 Å². The number of hydrogen-bond acceptors (Lipinski definition) is 6. The number of nitrogens with one attached hydrogen (secondary N) is 2. The molecular formula is C21H24ClFN4O4S. The molecule has 0 aliphatic carbocycles. The van der Waals surface area contributed by atoms with Gasteiger partial charge >= 0.3 is 0 Å². The third kappa shape index (κ3) is 4.60. The van der Waals surface area contributed by atoms with Gasteiger partial charge in [-0.05, 0) is 42.3 Å². The van der Waals surface area contributed by atoms with Gasteiger partial charge in [0.25, 0.3) is 0 Å². The van der Waals surface area contributed by atoms with Crippen LogP contribution in [0.15, 0.2) is 47.4 Å². The fourth-order valence-electron chi connectivity index (χ4n) is 3.99. The lowest BCUT2D eigenvalue weighted by molar-refractivity contribution is -0.134. The third-order valence-corrected chi connectivity index (χ3v) is 7.92. The molecule has 2 saturated heterocycles. The number of carbonyl (C=O) groups excluding carboxylic acids is 1. The molecule has 2 N–H and O–H groups in total. The fraction of sp³-hybridized carbons (Fsp3) is 0.381. The second kappa shape index (κ2) is 9.32. The minimum absolute atomic E-state index is 0.0103. The quantitative estimate of drug-likeness (QED) is 0.676. The Hall–Kier alpha value is -2.24. The molecule has 8 nitrogen and oxygen atoms in total. The highest BCUT2D eigenvalue weighted by atomic mass is 35.5. The standard InChI is InChI=1S/C21H24ClFN4O4S/c1-31-19-7-4-15(22)12-20(19)32(29,30)27-10-8-26(9-11-27)21(28)18-13-17(24-25-18)14-2-5-16(23)6-3-14/h2-7,12,17-18,24-25H,8-11,13H2,1H3. The summed E-state index contributed by atoms with van der Waals surface area (Å²) in [4.78, 5) is 14.6. The Morgan fingerprint density at radius 3 is 2.44 bits per heavy atom. The van der Waals surface area contributed by atoms with Crippen LogP contribution in [0.1, 0.15) is 18.0 Å². The predicted octanol–water partition coefficient (Wildman–Crippen LogP) is 1.93. The van der Waals surface area contributed by atoms with Gasteiger partial charge in [-0.3, -0.25) is 4.79 Å². The van der Waals surface area contributed by atoms with E-state index in [0.717, 1.165) is 5.56 Å². The van der Waals surface area contributed by atoms with E-state index in [2.05, 4.69) is 10.9 Å². The summed E-state index contributed by atoms with van der Waals surface area (Å²) in [5.74, 6) is -0.184. The number of carbonyl (C=O) groups is 1. The monoisotopic (exact) mass is 482 g/mol. The van der Waals surface area contributed by atoms with E-state index in [1.165, 1.54) is 35.7 Å². The van der Waals surface area contributed by atoms with Crippen LogP contribution in [-0.4, -0.2) is 62.9 Å². The van der Waals surface area contributed by atoms with Crippen molar-refractivity contribution in [1.29, 1.82) is 0 Å². The number of ether oxygens (including phenoxy) is 1. The Balaban J connectivity index is 1.38. The van der Waals surface area contributed by atoms with Gasteiger partial charge in [-0.25, -0.2) is 23.7 Å². The molecule has 2 aliphatic rings. The van der Waals surface area contributed by atoms with Crippen LogP contribution in [0, 0.1) is 5.82 Å². The van der Waals surface area contributed by atoms with Crippen LogP contribution >= 0.6 is 11.6 Å². The highest BCUT2D eigenvalue weighted by molar-refractivity contribution is 7.89. The molecule has 11 heteroatoms. The average molecular weight is 483 g/mol. The highest BCUT2D eigenvalue weighted by Gasteiger charge is 2.37. The first kappa shape index (κ1) is 22.9. The third-order valence-electron chi connectivity index (χ3n) is 5.77. The van der Waals surface area contributed by atoms with Crippen molar-refractivity contribution in [3.05, 3.63) is 58.9 Å². The van der Waals surface area contributed by atoms with Crippen molar-refractivity contribution in [2.45, 2.75) is 23.4 Å². The lowest BCUT2D eigenvalue weighted by Crippen LogP contribution is -2.54. The first-order valence-electron chi connectivity index (χ1n) is 10.2. The molecule has 2 aromatic carbocycles. The number of benzene rings is 2. The first-order chi connectivity index (χ1) is 15.3. The molecule has 2 atom stereocenters. The smallest absolute Gasteiger partial charge is 0.246 e. The summed E-state index contributed by atoms with van der Waals surface area (Å²) in [6.07, 6.45) is 0.517. The van der Waals surface area contributed by atoms with Crippen molar-refractivity contribution in [3.63, 3.8) is 0 Å². The van der Waals surface area contributed by atoms with Crippen LogP contribution in [0.3, 0.4) is 0 Å². The summed E-state index contributed by atoms with van der Waals surface area (Å²) in [7, 11) is -2.41. The largest absolute Gasteiger partial charge is 0.495 e. The highest BCUT2D eigenvalue weighted by Crippen LogP contribution is 2.30. The summed E-state index contributed by atoms with van der Waals surface area (Å²) < 4.78 is 45.9. The lowest BCUT2D eigenvalue weighted by Gasteiger charge is -2.35. The maximum atomic E-state index is 13.2. The van der Waals surface area contributed by atoms with E-state index in [9.17, 15) is 17.6 Å². The normalized spacial score (nSPS) is 22.2. The molecule has 172 valence electrons. The van der Waals surface area contributed by atoms with Gasteiger partial charge in [0, 0.05) is 37.2 Å². The van der Waals surface area contributed by atoms with Crippen LogP contribution in [0.25, 0.3) is 0 Å². The zero-order valence-corrected chi connectivity index (χ0v) is 19.0. The van der Waals surface area contributed by atoms with Crippen LogP contribution < -0.4 is 15.6 Å². The molecule has 2 fully saturated rings. The van der Waals surface area contributed by atoms with Crippen molar-refractivity contribution in [3.8, 4) is 5.75 Å². The van der Waals surface area contributed by atoms with Gasteiger partial charge in [0.1, 0.15) is 22.5 Å². The maximum Gasteiger partial charge on any atom is 0.246 e. The van der Waals surface area contributed by atoms with E-state index < -0.39 is 16.1 Å². The molecule has 0 spiro atoms. The van der Waals surface area contributed by atoms with Gasteiger partial charge in [-0.1, -0.05) is 23.7 Å². The fourth-order valence-corrected chi connectivity index (χ4v) is 5.83. The summed E-state index contributed by atoms with van der Waals surface area (Å²) >= 11 is 6.00. The van der Waals surface area contributed by atoms with Crippen molar-refractivity contribution in [2.75, 3.05) is 33.3 Å². The molecule has 4 rings (SSSR count). The lowest BCUT2D eigenvalue weighted by atomic mass is 10.0. The molecule has 2 heterocycles. The van der Waals surface area contributed by atoms with E-state index >= 15 is 0 Å². The first-order valence-corrected chi connectivity index (χ1v) is 12.0. The number of rotatable bonds is 5. The minimum atomic E-state index is -3.82. The van der Waals surface area contributed by atoms with Crippen LogP contribution in [0.2, 0.25) is 5.02 Å². The molecule has 32 heavy (non-hydrogen) atoms. The molecule has 0 aromatic heterocycles. The molecule has 0 bridgehead atoms. The Bertz CT molecular complexity index is 1090. The minimum Gasteiger partial charge on any atom is -0.495 e. The number of piperazine rings is 1. The summed E-state index contributed by atoms with van der Waals surface area (Å²) in [6, 6.07) is 10.1. The molecule has 2 aliphatic heterocycles. The molecule has 1 amide bonds. The topological polar surface area (TPSA) is 91.0 Å². The van der Waals surface area contributed by atoms with Gasteiger partial charge in [-0.15, -0.1) is 0 Å². The average Bonchev–Trinajstić information content (AvgIpc) is 3.29. The van der Waals surface area contributed by atoms with Gasteiger partial charge < -0.3 is 9.64 Å². The zero-order valence-electron chi connectivity index (χ0n) is 17.4. The van der Waals surface area contributed by atoms with E-state index in [-0.39, 0.29) is 54.6 Å². The van der Waals surface area contributed by atoms with Gasteiger partial charge in [-0.2, -0.15) is 4.31 Å². The van der Waals surface area contributed by atoms with Crippen LogP contribution in [-0.2, 0) is 14.8 Å². The Morgan fingerprint density at radius 1 is 1.09 bits per heavy atom. The van der Waals surface area contributed by atoms with E-state index in [0.29, 0.717) is 11.4 Å². The molecule has 0 saturated carbocycles. The number of hydrazine groups is 1.